The van der Waals surface area contributed by atoms with E-state index in [4.69, 9.17) is 4.74 Å². The molecule has 0 saturated carbocycles. The highest BCUT2D eigenvalue weighted by Crippen LogP contribution is 2.26. The molecule has 0 bridgehead atoms. The first-order valence-electron chi connectivity index (χ1n) is 8.57. The van der Waals surface area contributed by atoms with Gasteiger partial charge in [-0.2, -0.15) is 0 Å². The third-order valence-electron chi connectivity index (χ3n) is 4.95. The van der Waals surface area contributed by atoms with Crippen molar-refractivity contribution in [2.45, 2.75) is 13.3 Å². The molecule has 4 heteroatoms. The van der Waals surface area contributed by atoms with E-state index in [0.717, 1.165) is 18.9 Å². The summed E-state index contributed by atoms with van der Waals surface area (Å²) in [5.41, 5.74) is 0.485. The number of ether oxygens (including phenoxy) is 1. The summed E-state index contributed by atoms with van der Waals surface area (Å²) in [6.45, 7) is 12.6. The van der Waals surface area contributed by atoms with Gasteiger partial charge in [-0.25, -0.2) is 0 Å². The molecule has 2 fully saturated rings. The van der Waals surface area contributed by atoms with Crippen LogP contribution in [0.3, 0.4) is 0 Å². The molecule has 122 valence electrons. The second-order valence-corrected chi connectivity index (χ2v) is 7.02. The normalized spacial score (nSPS) is 27.1. The van der Waals surface area contributed by atoms with Crippen molar-refractivity contribution < 1.29 is 4.74 Å². The fourth-order valence-electron chi connectivity index (χ4n) is 3.52. The van der Waals surface area contributed by atoms with Gasteiger partial charge in [0.1, 0.15) is 12.4 Å². The van der Waals surface area contributed by atoms with Gasteiger partial charge in [0, 0.05) is 45.8 Å². The number of para-hydroxylation sites is 1. The van der Waals surface area contributed by atoms with Crippen molar-refractivity contribution in [2.75, 3.05) is 59.0 Å². The highest BCUT2D eigenvalue weighted by atomic mass is 16.5. The van der Waals surface area contributed by atoms with Crippen LogP contribution in [0, 0.1) is 5.41 Å². The molecule has 4 nitrogen and oxygen atoms in total. The lowest BCUT2D eigenvalue weighted by molar-refractivity contribution is 0.0882. The van der Waals surface area contributed by atoms with E-state index >= 15 is 0 Å². The van der Waals surface area contributed by atoms with E-state index in [1.165, 1.54) is 52.2 Å². The Labute approximate surface area is 134 Å². The molecule has 0 spiro atoms. The smallest absolute Gasteiger partial charge is 0.119 e. The molecule has 1 aromatic rings. The lowest BCUT2D eigenvalue weighted by atomic mass is 9.89. The molecule has 1 atom stereocenters. The first kappa shape index (κ1) is 15.8. The Morgan fingerprint density at radius 2 is 1.82 bits per heavy atom. The molecule has 0 radical (unpaired) electrons. The van der Waals surface area contributed by atoms with Gasteiger partial charge in [-0.15, -0.1) is 0 Å². The largest absolute Gasteiger partial charge is 0.492 e. The SMILES string of the molecule is CC1(CN2CCN(CCOc3ccccc3)CC2)CCNC1. The molecular formula is C18H29N3O. The van der Waals surface area contributed by atoms with Crippen LogP contribution >= 0.6 is 0 Å². The Kier molecular flexibility index (Phi) is 5.34. The highest BCUT2D eigenvalue weighted by molar-refractivity contribution is 5.20. The van der Waals surface area contributed by atoms with Crippen molar-refractivity contribution in [1.82, 2.24) is 15.1 Å². The Balaban J connectivity index is 1.33. The van der Waals surface area contributed by atoms with Crippen LogP contribution in [-0.4, -0.2) is 68.8 Å². The topological polar surface area (TPSA) is 27.7 Å². The van der Waals surface area contributed by atoms with Gasteiger partial charge in [-0.1, -0.05) is 25.1 Å². The van der Waals surface area contributed by atoms with Crippen molar-refractivity contribution in [3.63, 3.8) is 0 Å². The van der Waals surface area contributed by atoms with Crippen LogP contribution in [0.15, 0.2) is 30.3 Å². The molecule has 2 heterocycles. The molecule has 2 aliphatic heterocycles. The molecule has 1 aromatic carbocycles. The van der Waals surface area contributed by atoms with Gasteiger partial charge in [-0.3, -0.25) is 4.90 Å². The van der Waals surface area contributed by atoms with Crippen LogP contribution in [0.1, 0.15) is 13.3 Å². The van der Waals surface area contributed by atoms with Crippen molar-refractivity contribution in [1.29, 1.82) is 0 Å². The summed E-state index contributed by atoms with van der Waals surface area (Å²) >= 11 is 0. The average Bonchev–Trinajstić information content (AvgIpc) is 2.96. The number of nitrogens with one attached hydrogen (secondary N) is 1. The van der Waals surface area contributed by atoms with Crippen molar-refractivity contribution in [3.05, 3.63) is 30.3 Å². The molecule has 2 aliphatic rings. The quantitative estimate of drug-likeness (QED) is 0.865. The molecule has 0 amide bonds. The summed E-state index contributed by atoms with van der Waals surface area (Å²) < 4.78 is 5.80. The van der Waals surface area contributed by atoms with Crippen molar-refractivity contribution >= 4 is 0 Å². The maximum Gasteiger partial charge on any atom is 0.119 e. The minimum atomic E-state index is 0.485. The first-order valence-corrected chi connectivity index (χ1v) is 8.57. The summed E-state index contributed by atoms with van der Waals surface area (Å²) in [6, 6.07) is 10.1. The summed E-state index contributed by atoms with van der Waals surface area (Å²) in [6.07, 6.45) is 1.32. The second-order valence-electron chi connectivity index (χ2n) is 7.02. The van der Waals surface area contributed by atoms with Gasteiger partial charge < -0.3 is 15.0 Å². The Morgan fingerprint density at radius 1 is 1.09 bits per heavy atom. The van der Waals surface area contributed by atoms with Crippen LogP contribution in [0.25, 0.3) is 0 Å². The van der Waals surface area contributed by atoms with Gasteiger partial charge >= 0.3 is 0 Å². The maximum atomic E-state index is 5.80. The molecule has 0 aliphatic carbocycles. The third kappa shape index (κ3) is 4.45. The number of nitrogens with zero attached hydrogens (tertiary/aromatic N) is 2. The van der Waals surface area contributed by atoms with Crippen molar-refractivity contribution in [3.8, 4) is 5.75 Å². The number of rotatable bonds is 6. The van der Waals surface area contributed by atoms with Crippen LogP contribution < -0.4 is 10.1 Å². The molecule has 22 heavy (non-hydrogen) atoms. The van der Waals surface area contributed by atoms with E-state index in [0.29, 0.717) is 5.41 Å². The zero-order valence-corrected chi connectivity index (χ0v) is 13.8. The molecule has 1 unspecified atom stereocenters. The van der Waals surface area contributed by atoms with E-state index in [9.17, 15) is 0 Å². The Bertz CT molecular complexity index is 437. The van der Waals surface area contributed by atoms with Crippen LogP contribution in [0.4, 0.5) is 0 Å². The van der Waals surface area contributed by atoms with Crippen LogP contribution in [0.5, 0.6) is 5.75 Å². The van der Waals surface area contributed by atoms with Crippen LogP contribution in [-0.2, 0) is 0 Å². The standard InChI is InChI=1S/C18H29N3O/c1-18(7-8-19-15-18)16-21-11-9-20(10-12-21)13-14-22-17-5-3-2-4-6-17/h2-6,19H,7-16H2,1H3. The summed E-state index contributed by atoms with van der Waals surface area (Å²) in [4.78, 5) is 5.16. The fourth-order valence-corrected chi connectivity index (χ4v) is 3.52. The van der Waals surface area contributed by atoms with E-state index in [1.807, 2.05) is 30.3 Å². The van der Waals surface area contributed by atoms with E-state index in [1.54, 1.807) is 0 Å². The molecule has 0 aromatic heterocycles. The van der Waals surface area contributed by atoms with Gasteiger partial charge in [0.2, 0.25) is 0 Å². The fraction of sp³-hybridized carbons (Fsp3) is 0.667. The summed E-state index contributed by atoms with van der Waals surface area (Å²) in [7, 11) is 0. The third-order valence-corrected chi connectivity index (χ3v) is 4.95. The van der Waals surface area contributed by atoms with Gasteiger partial charge in [0.05, 0.1) is 0 Å². The van der Waals surface area contributed by atoms with Gasteiger partial charge in [0.25, 0.3) is 0 Å². The molecule has 1 N–H and O–H groups in total. The first-order chi connectivity index (χ1) is 10.7. The number of piperazine rings is 1. The van der Waals surface area contributed by atoms with E-state index < -0.39 is 0 Å². The zero-order valence-electron chi connectivity index (χ0n) is 13.8. The lowest BCUT2D eigenvalue weighted by Crippen LogP contribution is -2.50. The highest BCUT2D eigenvalue weighted by Gasteiger charge is 2.31. The van der Waals surface area contributed by atoms with E-state index in [2.05, 4.69) is 22.0 Å². The minimum absolute atomic E-state index is 0.485. The Morgan fingerprint density at radius 3 is 2.50 bits per heavy atom. The molecule has 3 rings (SSSR count). The predicted octanol–water partition coefficient (Wildman–Crippen LogP) is 1.68. The number of benzene rings is 1. The molecule has 2 saturated heterocycles. The lowest BCUT2D eigenvalue weighted by Gasteiger charge is -2.38. The maximum absolute atomic E-state index is 5.80. The summed E-state index contributed by atoms with van der Waals surface area (Å²) in [5.74, 6) is 0.975. The number of hydrogen-bond acceptors (Lipinski definition) is 4. The predicted molar refractivity (Wildman–Crippen MR) is 90.4 cm³/mol. The second kappa shape index (κ2) is 7.44. The van der Waals surface area contributed by atoms with Gasteiger partial charge in [0.15, 0.2) is 0 Å². The molecular weight excluding hydrogens is 274 g/mol. The number of hydrogen-bond donors (Lipinski definition) is 1. The monoisotopic (exact) mass is 303 g/mol. The minimum Gasteiger partial charge on any atom is -0.492 e. The van der Waals surface area contributed by atoms with Crippen LogP contribution in [0.2, 0.25) is 0 Å². The zero-order chi connectivity index (χ0) is 15.3. The van der Waals surface area contributed by atoms with Gasteiger partial charge in [-0.05, 0) is 30.5 Å². The van der Waals surface area contributed by atoms with E-state index in [-0.39, 0.29) is 0 Å². The average molecular weight is 303 g/mol. The van der Waals surface area contributed by atoms with Crippen molar-refractivity contribution in [2.24, 2.45) is 5.41 Å². The Hall–Kier alpha value is -1.10. The summed E-state index contributed by atoms with van der Waals surface area (Å²) in [5, 5.41) is 3.50.